The maximum atomic E-state index is 12.5. The third kappa shape index (κ3) is 4.59. The standard InChI is InChI=1S/C24H21ClN4O2/c1-28-23(18-11-13-20(25)14-12-18)27-29(24(28)31)16-22(30)26-15-19-9-5-6-10-21(19)17-7-3-2-4-8-17/h2-14H,15-16H2,1H3,(H,26,30). The lowest BCUT2D eigenvalue weighted by atomic mass is 10.00. The van der Waals surface area contributed by atoms with E-state index in [1.165, 1.54) is 9.25 Å². The van der Waals surface area contributed by atoms with Crippen molar-refractivity contribution in [3.8, 4) is 22.5 Å². The Morgan fingerprint density at radius 2 is 1.61 bits per heavy atom. The van der Waals surface area contributed by atoms with Crippen molar-refractivity contribution in [2.24, 2.45) is 7.05 Å². The first kappa shape index (κ1) is 20.6. The molecule has 1 N–H and O–H groups in total. The van der Waals surface area contributed by atoms with Crippen LogP contribution in [0.3, 0.4) is 0 Å². The summed E-state index contributed by atoms with van der Waals surface area (Å²) in [6.07, 6.45) is 0. The van der Waals surface area contributed by atoms with E-state index < -0.39 is 0 Å². The van der Waals surface area contributed by atoms with Gasteiger partial charge in [0.1, 0.15) is 6.54 Å². The van der Waals surface area contributed by atoms with E-state index in [0.29, 0.717) is 17.4 Å². The van der Waals surface area contributed by atoms with Gasteiger partial charge in [-0.25, -0.2) is 9.48 Å². The maximum Gasteiger partial charge on any atom is 0.346 e. The smallest absolute Gasteiger partial charge is 0.346 e. The van der Waals surface area contributed by atoms with Crippen LogP contribution in [0.2, 0.25) is 5.02 Å². The summed E-state index contributed by atoms with van der Waals surface area (Å²) in [6.45, 7) is 0.198. The Bertz CT molecular complexity index is 1260. The summed E-state index contributed by atoms with van der Waals surface area (Å²) >= 11 is 5.93. The summed E-state index contributed by atoms with van der Waals surface area (Å²) in [6, 6.07) is 25.0. The Labute approximate surface area is 184 Å². The van der Waals surface area contributed by atoms with E-state index in [2.05, 4.69) is 10.4 Å². The fourth-order valence-electron chi connectivity index (χ4n) is 3.40. The molecule has 156 valence electrons. The van der Waals surface area contributed by atoms with E-state index in [1.54, 1.807) is 31.3 Å². The van der Waals surface area contributed by atoms with E-state index in [0.717, 1.165) is 22.3 Å². The zero-order chi connectivity index (χ0) is 21.8. The van der Waals surface area contributed by atoms with Gasteiger partial charge in [-0.1, -0.05) is 66.2 Å². The molecule has 1 aromatic heterocycles. The topological polar surface area (TPSA) is 68.9 Å². The third-order valence-corrected chi connectivity index (χ3v) is 5.27. The highest BCUT2D eigenvalue weighted by molar-refractivity contribution is 6.30. The van der Waals surface area contributed by atoms with Crippen molar-refractivity contribution in [3.05, 3.63) is 99.9 Å². The molecule has 7 heteroatoms. The molecular formula is C24H21ClN4O2. The number of halogens is 1. The van der Waals surface area contributed by atoms with Gasteiger partial charge in [-0.2, -0.15) is 0 Å². The predicted molar refractivity (Wildman–Crippen MR) is 122 cm³/mol. The highest BCUT2D eigenvalue weighted by Gasteiger charge is 2.15. The van der Waals surface area contributed by atoms with E-state index in [-0.39, 0.29) is 18.1 Å². The van der Waals surface area contributed by atoms with Gasteiger partial charge >= 0.3 is 5.69 Å². The molecule has 1 amide bonds. The van der Waals surface area contributed by atoms with Crippen molar-refractivity contribution < 1.29 is 4.79 Å². The summed E-state index contributed by atoms with van der Waals surface area (Å²) in [5.74, 6) is 0.189. The van der Waals surface area contributed by atoms with Crippen molar-refractivity contribution in [1.29, 1.82) is 0 Å². The Balaban J connectivity index is 1.48. The van der Waals surface area contributed by atoms with E-state index in [4.69, 9.17) is 11.6 Å². The van der Waals surface area contributed by atoms with Gasteiger partial charge < -0.3 is 5.32 Å². The average Bonchev–Trinajstić information content (AvgIpc) is 3.07. The first-order valence-corrected chi connectivity index (χ1v) is 10.2. The fourth-order valence-corrected chi connectivity index (χ4v) is 3.53. The summed E-state index contributed by atoms with van der Waals surface area (Å²) in [5, 5.41) is 7.83. The molecule has 4 aromatic rings. The molecule has 0 saturated heterocycles. The van der Waals surface area contributed by atoms with Crippen LogP contribution in [0.25, 0.3) is 22.5 Å². The van der Waals surface area contributed by atoms with Crippen LogP contribution in [0.4, 0.5) is 0 Å². The minimum Gasteiger partial charge on any atom is -0.350 e. The van der Waals surface area contributed by atoms with Crippen LogP contribution in [-0.4, -0.2) is 20.3 Å². The number of carbonyl (C=O) groups is 1. The Hall–Kier alpha value is -3.64. The van der Waals surface area contributed by atoms with Gasteiger partial charge in [-0.3, -0.25) is 9.36 Å². The molecule has 0 aliphatic heterocycles. The second-order valence-corrected chi connectivity index (χ2v) is 7.57. The van der Waals surface area contributed by atoms with Gasteiger partial charge in [0.15, 0.2) is 5.82 Å². The number of nitrogens with zero attached hydrogens (tertiary/aromatic N) is 3. The number of amides is 1. The predicted octanol–water partition coefficient (Wildman–Crippen LogP) is 3.89. The number of aromatic nitrogens is 3. The first-order valence-electron chi connectivity index (χ1n) is 9.83. The fraction of sp³-hybridized carbons (Fsp3) is 0.125. The first-order chi connectivity index (χ1) is 15.0. The SMILES string of the molecule is Cn1c(-c2ccc(Cl)cc2)nn(CC(=O)NCc2ccccc2-c2ccccc2)c1=O. The van der Waals surface area contributed by atoms with Crippen LogP contribution in [0, 0.1) is 0 Å². The molecule has 4 rings (SSSR count). The summed E-state index contributed by atoms with van der Waals surface area (Å²) in [4.78, 5) is 25.1. The van der Waals surface area contributed by atoms with Crippen LogP contribution in [0.15, 0.2) is 83.7 Å². The van der Waals surface area contributed by atoms with Crippen molar-refractivity contribution in [2.75, 3.05) is 0 Å². The van der Waals surface area contributed by atoms with Crippen LogP contribution < -0.4 is 11.0 Å². The minimum absolute atomic E-state index is 0.159. The molecule has 3 aromatic carbocycles. The summed E-state index contributed by atoms with van der Waals surface area (Å²) < 4.78 is 2.59. The molecule has 0 radical (unpaired) electrons. The van der Waals surface area contributed by atoms with E-state index >= 15 is 0 Å². The zero-order valence-electron chi connectivity index (χ0n) is 17.0. The molecule has 1 heterocycles. The molecular weight excluding hydrogens is 412 g/mol. The average molecular weight is 433 g/mol. The Morgan fingerprint density at radius 3 is 2.35 bits per heavy atom. The van der Waals surface area contributed by atoms with Gasteiger partial charge in [-0.15, -0.1) is 5.10 Å². The highest BCUT2D eigenvalue weighted by atomic mass is 35.5. The van der Waals surface area contributed by atoms with Crippen LogP contribution in [0.5, 0.6) is 0 Å². The Morgan fingerprint density at radius 1 is 0.935 bits per heavy atom. The number of benzene rings is 3. The van der Waals surface area contributed by atoms with Crippen LogP contribution in [-0.2, 0) is 24.9 Å². The molecule has 0 fully saturated rings. The van der Waals surface area contributed by atoms with Crippen LogP contribution >= 0.6 is 11.6 Å². The summed E-state index contributed by atoms with van der Waals surface area (Å²) in [5.41, 5.74) is 3.53. The van der Waals surface area contributed by atoms with Gasteiger partial charge in [0.25, 0.3) is 0 Å². The lowest BCUT2D eigenvalue weighted by Crippen LogP contribution is -2.33. The maximum absolute atomic E-state index is 12.5. The normalized spacial score (nSPS) is 10.8. The largest absolute Gasteiger partial charge is 0.350 e. The molecule has 0 aliphatic rings. The molecule has 0 aliphatic carbocycles. The monoisotopic (exact) mass is 432 g/mol. The molecule has 0 bridgehead atoms. The lowest BCUT2D eigenvalue weighted by molar-refractivity contribution is -0.122. The molecule has 0 saturated carbocycles. The number of carbonyl (C=O) groups excluding carboxylic acids is 1. The van der Waals surface area contributed by atoms with Gasteiger partial charge in [0.2, 0.25) is 5.91 Å². The molecule has 6 nitrogen and oxygen atoms in total. The van der Waals surface area contributed by atoms with E-state index in [1.807, 2.05) is 54.6 Å². The van der Waals surface area contributed by atoms with Crippen molar-refractivity contribution in [3.63, 3.8) is 0 Å². The molecule has 0 spiro atoms. The number of nitrogens with one attached hydrogen (secondary N) is 1. The summed E-state index contributed by atoms with van der Waals surface area (Å²) in [7, 11) is 1.63. The van der Waals surface area contributed by atoms with E-state index in [9.17, 15) is 9.59 Å². The zero-order valence-corrected chi connectivity index (χ0v) is 17.7. The minimum atomic E-state index is -0.357. The van der Waals surface area contributed by atoms with Gasteiger partial charge in [0, 0.05) is 24.2 Å². The second kappa shape index (κ2) is 9.02. The molecule has 0 unspecified atom stereocenters. The van der Waals surface area contributed by atoms with Crippen molar-refractivity contribution in [2.45, 2.75) is 13.1 Å². The van der Waals surface area contributed by atoms with Gasteiger partial charge in [0.05, 0.1) is 0 Å². The lowest BCUT2D eigenvalue weighted by Gasteiger charge is -2.11. The second-order valence-electron chi connectivity index (χ2n) is 7.13. The van der Waals surface area contributed by atoms with Crippen LogP contribution in [0.1, 0.15) is 5.56 Å². The number of hydrogen-bond acceptors (Lipinski definition) is 3. The van der Waals surface area contributed by atoms with Crippen molar-refractivity contribution >= 4 is 17.5 Å². The number of hydrogen-bond donors (Lipinski definition) is 1. The molecule has 31 heavy (non-hydrogen) atoms. The third-order valence-electron chi connectivity index (χ3n) is 5.01. The molecule has 0 atom stereocenters. The quantitative estimate of drug-likeness (QED) is 0.502. The Kier molecular flexibility index (Phi) is 6.00. The van der Waals surface area contributed by atoms with Crippen molar-refractivity contribution in [1.82, 2.24) is 19.7 Å². The van der Waals surface area contributed by atoms with Gasteiger partial charge in [-0.05, 0) is 41.0 Å². The highest BCUT2D eigenvalue weighted by Crippen LogP contribution is 2.23. The number of rotatable bonds is 6.